The number of anilines is 1. The molecule has 108 valence electrons. The summed E-state index contributed by atoms with van der Waals surface area (Å²) in [4.78, 5) is 15.3. The van der Waals surface area contributed by atoms with Crippen LogP contribution in [0.3, 0.4) is 0 Å². The molecule has 0 aliphatic rings. The Balaban J connectivity index is 2.59. The molecular weight excluding hydrogens is 256 g/mol. The van der Waals surface area contributed by atoms with E-state index < -0.39 is 0 Å². The first-order chi connectivity index (χ1) is 9.67. The second-order valence-electron chi connectivity index (χ2n) is 4.01. The molecular formula is C14H20N4O2. The number of ether oxygens (including phenoxy) is 1. The minimum Gasteiger partial charge on any atom is -0.380 e. The summed E-state index contributed by atoms with van der Waals surface area (Å²) < 4.78 is 5.10. The average Bonchev–Trinajstić information content (AvgIpc) is 2.45. The maximum Gasteiger partial charge on any atom is 0.242 e. The van der Waals surface area contributed by atoms with Crippen LogP contribution in [0.4, 0.5) is 5.69 Å². The fraction of sp³-hybridized carbons (Fsp3) is 0.286. The number of carbonyl (C=O) groups is 1. The first-order valence-corrected chi connectivity index (χ1v) is 6.18. The Morgan fingerprint density at radius 2 is 2.25 bits per heavy atom. The van der Waals surface area contributed by atoms with Gasteiger partial charge < -0.3 is 21.1 Å². The number of rotatable bonds is 7. The molecule has 0 atom stereocenters. The molecule has 1 amide bonds. The van der Waals surface area contributed by atoms with Gasteiger partial charge in [-0.25, -0.2) is 4.99 Å². The fourth-order valence-electron chi connectivity index (χ4n) is 1.50. The van der Waals surface area contributed by atoms with Gasteiger partial charge >= 0.3 is 0 Å². The molecule has 4 N–H and O–H groups in total. The summed E-state index contributed by atoms with van der Waals surface area (Å²) in [6, 6.07) is 7.59. The molecule has 0 aliphatic carbocycles. The topological polar surface area (TPSA) is 88.7 Å². The first kappa shape index (κ1) is 15.7. The zero-order valence-electron chi connectivity index (χ0n) is 11.6. The van der Waals surface area contributed by atoms with Crippen LogP contribution >= 0.6 is 0 Å². The van der Waals surface area contributed by atoms with Crippen molar-refractivity contribution in [2.75, 3.05) is 25.5 Å². The van der Waals surface area contributed by atoms with Gasteiger partial charge in [0.15, 0.2) is 5.96 Å². The second-order valence-corrected chi connectivity index (χ2v) is 4.01. The quantitative estimate of drug-likeness (QED) is 0.391. The van der Waals surface area contributed by atoms with Crippen molar-refractivity contribution in [3.8, 4) is 0 Å². The molecule has 1 aromatic carbocycles. The van der Waals surface area contributed by atoms with Crippen molar-refractivity contribution >= 4 is 17.6 Å². The summed E-state index contributed by atoms with van der Waals surface area (Å²) >= 11 is 0. The molecule has 0 radical (unpaired) electrons. The lowest BCUT2D eigenvalue weighted by atomic mass is 10.2. The Morgan fingerprint density at radius 3 is 2.95 bits per heavy atom. The zero-order chi connectivity index (χ0) is 14.8. The molecule has 0 aliphatic heterocycles. The van der Waals surface area contributed by atoms with Crippen LogP contribution in [0.25, 0.3) is 0 Å². The molecule has 1 aromatic rings. The Morgan fingerprint density at radius 1 is 1.50 bits per heavy atom. The van der Waals surface area contributed by atoms with E-state index in [1.807, 2.05) is 24.3 Å². The Labute approximate surface area is 118 Å². The molecule has 0 unspecified atom stereocenters. The van der Waals surface area contributed by atoms with E-state index in [-0.39, 0.29) is 18.4 Å². The third-order valence-electron chi connectivity index (χ3n) is 2.42. The van der Waals surface area contributed by atoms with Crippen LogP contribution in [0.15, 0.2) is 41.9 Å². The number of hydrogen-bond donors (Lipinski definition) is 3. The highest BCUT2D eigenvalue weighted by Crippen LogP contribution is 2.15. The van der Waals surface area contributed by atoms with Gasteiger partial charge in [0.2, 0.25) is 5.91 Å². The van der Waals surface area contributed by atoms with Gasteiger partial charge in [0.1, 0.15) is 6.54 Å². The summed E-state index contributed by atoms with van der Waals surface area (Å²) in [6.07, 6.45) is 1.60. The highest BCUT2D eigenvalue weighted by atomic mass is 16.5. The predicted octanol–water partition coefficient (Wildman–Crippen LogP) is 0.862. The van der Waals surface area contributed by atoms with E-state index in [0.717, 1.165) is 11.3 Å². The number of amides is 1. The van der Waals surface area contributed by atoms with Gasteiger partial charge in [0, 0.05) is 24.9 Å². The van der Waals surface area contributed by atoms with Crippen molar-refractivity contribution in [3.63, 3.8) is 0 Å². The molecule has 0 fully saturated rings. The largest absolute Gasteiger partial charge is 0.380 e. The normalized spacial score (nSPS) is 10.9. The Kier molecular flexibility index (Phi) is 6.84. The van der Waals surface area contributed by atoms with Crippen LogP contribution in [0, 0.1) is 0 Å². The molecule has 0 bridgehead atoms. The van der Waals surface area contributed by atoms with Crippen LogP contribution in [-0.2, 0) is 16.1 Å². The van der Waals surface area contributed by atoms with Crippen LogP contribution < -0.4 is 16.4 Å². The standard InChI is InChI=1S/C14H20N4O2/c1-3-8-16-13(19)9-17-14(15)18-12-7-5-4-6-11(12)10-20-2/h3-7H,1,8-10H2,2H3,(H,16,19)(H3,15,17,18). The molecule has 0 spiro atoms. The smallest absolute Gasteiger partial charge is 0.242 e. The zero-order valence-corrected chi connectivity index (χ0v) is 11.6. The summed E-state index contributed by atoms with van der Waals surface area (Å²) in [5.41, 5.74) is 7.52. The van der Waals surface area contributed by atoms with E-state index in [9.17, 15) is 4.79 Å². The van der Waals surface area contributed by atoms with Gasteiger partial charge in [-0.3, -0.25) is 4.79 Å². The molecule has 0 saturated carbocycles. The van der Waals surface area contributed by atoms with Gasteiger partial charge in [0.25, 0.3) is 0 Å². The SMILES string of the molecule is C=CCNC(=O)CN=C(N)Nc1ccccc1COC. The second kappa shape index (κ2) is 8.71. The number of para-hydroxylation sites is 1. The van der Waals surface area contributed by atoms with E-state index in [1.54, 1.807) is 13.2 Å². The third-order valence-corrected chi connectivity index (χ3v) is 2.42. The van der Waals surface area contributed by atoms with Crippen molar-refractivity contribution < 1.29 is 9.53 Å². The molecule has 0 aromatic heterocycles. The van der Waals surface area contributed by atoms with Gasteiger partial charge in [0.05, 0.1) is 6.61 Å². The lowest BCUT2D eigenvalue weighted by Crippen LogP contribution is -2.29. The molecule has 1 rings (SSSR count). The van der Waals surface area contributed by atoms with Crippen LogP contribution in [-0.4, -0.2) is 32.1 Å². The number of carbonyl (C=O) groups excluding carboxylic acids is 1. The van der Waals surface area contributed by atoms with Crippen LogP contribution in [0.2, 0.25) is 0 Å². The van der Waals surface area contributed by atoms with Crippen LogP contribution in [0.1, 0.15) is 5.56 Å². The number of benzene rings is 1. The van der Waals surface area contributed by atoms with Crippen molar-refractivity contribution in [1.82, 2.24) is 5.32 Å². The highest BCUT2D eigenvalue weighted by Gasteiger charge is 2.03. The van der Waals surface area contributed by atoms with Crippen molar-refractivity contribution in [2.24, 2.45) is 10.7 Å². The van der Waals surface area contributed by atoms with Gasteiger partial charge in [-0.05, 0) is 6.07 Å². The number of guanidine groups is 1. The van der Waals surface area contributed by atoms with Crippen molar-refractivity contribution in [3.05, 3.63) is 42.5 Å². The molecule has 6 nitrogen and oxygen atoms in total. The lowest BCUT2D eigenvalue weighted by Gasteiger charge is -2.10. The monoisotopic (exact) mass is 276 g/mol. The number of methoxy groups -OCH3 is 1. The molecule has 20 heavy (non-hydrogen) atoms. The number of nitrogens with zero attached hydrogens (tertiary/aromatic N) is 1. The minimum absolute atomic E-state index is 0.0287. The Hall–Kier alpha value is -2.34. The fourth-order valence-corrected chi connectivity index (χ4v) is 1.50. The van der Waals surface area contributed by atoms with Crippen molar-refractivity contribution in [2.45, 2.75) is 6.61 Å². The molecule has 6 heteroatoms. The van der Waals surface area contributed by atoms with E-state index in [4.69, 9.17) is 10.5 Å². The maximum absolute atomic E-state index is 11.4. The van der Waals surface area contributed by atoms with E-state index in [1.165, 1.54) is 0 Å². The molecule has 0 saturated heterocycles. The van der Waals surface area contributed by atoms with Gasteiger partial charge in [-0.1, -0.05) is 24.3 Å². The van der Waals surface area contributed by atoms with E-state index >= 15 is 0 Å². The number of nitrogens with two attached hydrogens (primary N) is 1. The third kappa shape index (κ3) is 5.53. The van der Waals surface area contributed by atoms with E-state index in [2.05, 4.69) is 22.2 Å². The van der Waals surface area contributed by atoms with Crippen molar-refractivity contribution in [1.29, 1.82) is 0 Å². The number of aliphatic imine (C=N–C) groups is 1. The first-order valence-electron chi connectivity index (χ1n) is 6.18. The van der Waals surface area contributed by atoms with Crippen LogP contribution in [0.5, 0.6) is 0 Å². The predicted molar refractivity (Wildman–Crippen MR) is 80.5 cm³/mol. The summed E-state index contributed by atoms with van der Waals surface area (Å²) in [5.74, 6) is -0.0258. The highest BCUT2D eigenvalue weighted by molar-refractivity contribution is 5.94. The Bertz CT molecular complexity index is 486. The number of hydrogen-bond acceptors (Lipinski definition) is 3. The lowest BCUT2D eigenvalue weighted by molar-refractivity contribution is -0.119. The number of nitrogens with one attached hydrogen (secondary N) is 2. The summed E-state index contributed by atoms with van der Waals surface area (Å²) in [6.45, 7) is 4.37. The molecule has 0 heterocycles. The average molecular weight is 276 g/mol. The minimum atomic E-state index is -0.208. The van der Waals surface area contributed by atoms with Gasteiger partial charge in [-0.2, -0.15) is 0 Å². The van der Waals surface area contributed by atoms with E-state index in [0.29, 0.717) is 13.2 Å². The maximum atomic E-state index is 11.4. The van der Waals surface area contributed by atoms with Gasteiger partial charge in [-0.15, -0.1) is 6.58 Å². The summed E-state index contributed by atoms with van der Waals surface area (Å²) in [5, 5.41) is 5.57. The summed E-state index contributed by atoms with van der Waals surface area (Å²) in [7, 11) is 1.62.